The van der Waals surface area contributed by atoms with E-state index in [9.17, 15) is 29.3 Å². The number of aromatic hydroxyl groups is 1. The first-order valence-corrected chi connectivity index (χ1v) is 13.8. The Kier molecular flexibility index (Phi) is 7.20. The Hall–Kier alpha value is -3.37. The average molecular weight is 555 g/mol. The monoisotopic (exact) mass is 554 g/mol. The third kappa shape index (κ3) is 4.37. The number of phenols is 1. The number of primary amides is 1. The van der Waals surface area contributed by atoms with E-state index in [4.69, 9.17) is 5.73 Å². The zero-order valence-corrected chi connectivity index (χ0v) is 23.6. The van der Waals surface area contributed by atoms with Gasteiger partial charge in [0.05, 0.1) is 23.1 Å². The largest absolute Gasteiger partial charge is 0.510 e. The van der Waals surface area contributed by atoms with Crippen molar-refractivity contribution in [2.45, 2.75) is 44.4 Å². The molecule has 2 fully saturated rings. The van der Waals surface area contributed by atoms with Gasteiger partial charge >= 0.3 is 0 Å². The van der Waals surface area contributed by atoms with Gasteiger partial charge in [0.1, 0.15) is 23.4 Å². The second-order valence-electron chi connectivity index (χ2n) is 12.1. The number of hydrogen-bond acceptors (Lipinski definition) is 8. The Morgan fingerprint density at radius 1 is 1.18 bits per heavy atom. The lowest BCUT2D eigenvalue weighted by Gasteiger charge is -2.48. The molecule has 0 aromatic heterocycles. The summed E-state index contributed by atoms with van der Waals surface area (Å²) in [5.41, 5.74) is 8.26. The number of rotatable bonds is 5. The molecule has 1 amide bonds. The first-order chi connectivity index (χ1) is 18.8. The molecule has 0 spiro atoms. The van der Waals surface area contributed by atoms with Crippen molar-refractivity contribution in [1.82, 2.24) is 9.80 Å². The van der Waals surface area contributed by atoms with Crippen LogP contribution in [0.15, 0.2) is 35.1 Å². The summed E-state index contributed by atoms with van der Waals surface area (Å²) in [7, 11) is 7.33. The summed E-state index contributed by atoms with van der Waals surface area (Å²) in [5, 5.41) is 34.2. The summed E-state index contributed by atoms with van der Waals surface area (Å²) in [6, 6.07) is 1.30. The number of allylic oxidation sites excluding steroid dienone is 1. The number of fused-ring (bicyclic) bond motifs is 3. The number of nitrogens with zero attached hydrogens (tertiary/aromatic N) is 3. The van der Waals surface area contributed by atoms with Crippen molar-refractivity contribution in [3.63, 3.8) is 0 Å². The van der Waals surface area contributed by atoms with Crippen molar-refractivity contribution < 1.29 is 29.3 Å². The van der Waals surface area contributed by atoms with Crippen LogP contribution in [-0.2, 0) is 22.6 Å². The number of likely N-dealkylation sites (N-methyl/N-ethyl adjacent to an activating group) is 1. The van der Waals surface area contributed by atoms with Crippen molar-refractivity contribution >= 4 is 23.1 Å². The van der Waals surface area contributed by atoms with Crippen LogP contribution in [0.4, 0.5) is 10.1 Å². The number of amides is 1. The molecule has 3 unspecified atom stereocenters. The predicted molar refractivity (Wildman–Crippen MR) is 151 cm³/mol. The van der Waals surface area contributed by atoms with Crippen LogP contribution in [0.2, 0.25) is 0 Å². The average Bonchev–Trinajstić information content (AvgIpc) is 2.85. The van der Waals surface area contributed by atoms with Gasteiger partial charge < -0.3 is 26.0 Å². The fourth-order valence-corrected chi connectivity index (χ4v) is 7.37. The number of aliphatic hydroxyl groups excluding tert-OH is 2. The quantitative estimate of drug-likeness (QED) is 0.437. The lowest BCUT2D eigenvalue weighted by Crippen LogP contribution is -2.52. The molecule has 0 radical (unpaired) electrons. The molecule has 1 saturated carbocycles. The molecule has 1 aromatic rings. The van der Waals surface area contributed by atoms with Crippen molar-refractivity contribution in [3.8, 4) is 5.75 Å². The number of benzene rings is 1. The van der Waals surface area contributed by atoms with E-state index in [-0.39, 0.29) is 57.2 Å². The highest BCUT2D eigenvalue weighted by Gasteiger charge is 2.53. The first kappa shape index (κ1) is 28.2. The zero-order chi connectivity index (χ0) is 29.2. The van der Waals surface area contributed by atoms with Gasteiger partial charge in [0.15, 0.2) is 5.78 Å². The number of alkyl halides is 1. The maximum Gasteiger partial charge on any atom is 0.252 e. The van der Waals surface area contributed by atoms with Crippen LogP contribution in [0.3, 0.4) is 0 Å². The maximum atomic E-state index is 14.1. The summed E-state index contributed by atoms with van der Waals surface area (Å²) in [5.74, 6) is -3.32. The maximum absolute atomic E-state index is 14.1. The van der Waals surface area contributed by atoms with E-state index < -0.39 is 24.0 Å². The number of carbonyl (C=O) groups excluding carboxylic acids is 2. The third-order valence-corrected chi connectivity index (χ3v) is 9.18. The molecule has 1 aliphatic heterocycles. The van der Waals surface area contributed by atoms with Crippen LogP contribution in [0.25, 0.3) is 5.76 Å². The fraction of sp³-hybridized carbons (Fsp3) is 0.533. The molecule has 4 aliphatic rings. The second-order valence-corrected chi connectivity index (χ2v) is 12.1. The number of Topliss-reactive ketones (excluding diaryl/α,β-unsaturated/α-hetero) is 1. The molecule has 0 bridgehead atoms. The normalized spacial score (nSPS) is 27.6. The third-order valence-electron chi connectivity index (χ3n) is 9.18. The molecule has 40 heavy (non-hydrogen) atoms. The van der Waals surface area contributed by atoms with Crippen LogP contribution in [0.5, 0.6) is 5.75 Å². The SMILES string of the molecule is C=C1C(C(N)=O)=C(O)[C@@H](N(C)C)C2CC3Cc4c(N(C)C)cc(CN5CCC(F)CC5)c(O)c4C(O)=C3C(=O)C12. The number of ketones is 1. The molecule has 5 N–H and O–H groups in total. The van der Waals surface area contributed by atoms with E-state index in [1.54, 1.807) is 19.0 Å². The van der Waals surface area contributed by atoms with Gasteiger partial charge in [-0.15, -0.1) is 0 Å². The van der Waals surface area contributed by atoms with Crippen LogP contribution < -0.4 is 10.6 Å². The number of hydrogen-bond donors (Lipinski definition) is 4. The van der Waals surface area contributed by atoms with E-state index in [0.29, 0.717) is 50.9 Å². The molecule has 1 heterocycles. The Morgan fingerprint density at radius 2 is 1.82 bits per heavy atom. The van der Waals surface area contributed by atoms with Gasteiger partial charge in [-0.2, -0.15) is 0 Å². The predicted octanol–water partition coefficient (Wildman–Crippen LogP) is 2.84. The lowest BCUT2D eigenvalue weighted by molar-refractivity contribution is -0.123. The second kappa shape index (κ2) is 10.2. The number of aliphatic hydroxyl groups is 2. The van der Waals surface area contributed by atoms with Gasteiger partial charge in [0, 0.05) is 50.6 Å². The molecule has 1 saturated heterocycles. The summed E-state index contributed by atoms with van der Waals surface area (Å²) in [6.45, 7) is 5.53. The van der Waals surface area contributed by atoms with E-state index in [1.807, 2.05) is 25.1 Å². The molecular weight excluding hydrogens is 515 g/mol. The van der Waals surface area contributed by atoms with Crippen molar-refractivity contribution in [1.29, 1.82) is 0 Å². The molecule has 9 nitrogen and oxygen atoms in total. The Labute approximate surface area is 234 Å². The number of anilines is 1. The van der Waals surface area contributed by atoms with E-state index in [1.165, 1.54) is 0 Å². The Morgan fingerprint density at radius 3 is 2.40 bits per heavy atom. The van der Waals surface area contributed by atoms with Gasteiger partial charge in [0.2, 0.25) is 0 Å². The molecular formula is C30H39FN4O5. The standard InChI is InChI=1S/C30H39FN4O5/c1-14-21-19(25(34(4)5)29(39)22(14)30(32)40)11-15-10-18-20(33(2)3)12-16(13-35-8-6-17(31)7-9-35)26(36)24(18)28(38)23(15)27(21)37/h12,15,17,19,21,25,36,38-39H,1,6-11,13H2,2-5H3,(H2,32,40)/t15?,19?,21?,25-/m0/s1. The number of nitrogens with two attached hydrogens (primary N) is 1. The Bertz CT molecular complexity index is 1340. The smallest absolute Gasteiger partial charge is 0.252 e. The van der Waals surface area contributed by atoms with Crippen LogP contribution in [-0.4, -0.2) is 90.3 Å². The van der Waals surface area contributed by atoms with Gasteiger partial charge in [-0.25, -0.2) is 4.39 Å². The highest BCUT2D eigenvalue weighted by molar-refractivity contribution is 6.10. The fourth-order valence-electron chi connectivity index (χ4n) is 7.37. The zero-order valence-electron chi connectivity index (χ0n) is 23.6. The summed E-state index contributed by atoms with van der Waals surface area (Å²) in [6.07, 6.45) is 0.940. The van der Waals surface area contributed by atoms with Gasteiger partial charge in [-0.3, -0.25) is 19.4 Å². The minimum Gasteiger partial charge on any atom is -0.510 e. The van der Waals surface area contributed by atoms with E-state index >= 15 is 0 Å². The topological polar surface area (TPSA) is 131 Å². The highest BCUT2D eigenvalue weighted by atomic mass is 19.1. The summed E-state index contributed by atoms with van der Waals surface area (Å²) < 4.78 is 13.7. The molecule has 1 aromatic carbocycles. The van der Waals surface area contributed by atoms with Gasteiger partial charge in [-0.1, -0.05) is 6.58 Å². The van der Waals surface area contributed by atoms with Crippen molar-refractivity contribution in [3.05, 3.63) is 51.8 Å². The van der Waals surface area contributed by atoms with Crippen LogP contribution >= 0.6 is 0 Å². The van der Waals surface area contributed by atoms with Crippen molar-refractivity contribution in [2.75, 3.05) is 46.2 Å². The van der Waals surface area contributed by atoms with E-state index in [0.717, 1.165) is 11.3 Å². The molecule has 4 atom stereocenters. The summed E-state index contributed by atoms with van der Waals surface area (Å²) in [4.78, 5) is 32.2. The van der Waals surface area contributed by atoms with Gasteiger partial charge in [-0.05, 0) is 68.8 Å². The van der Waals surface area contributed by atoms with Crippen LogP contribution in [0, 0.1) is 17.8 Å². The first-order valence-electron chi connectivity index (χ1n) is 13.8. The van der Waals surface area contributed by atoms with E-state index in [2.05, 4.69) is 11.5 Å². The number of piperidine rings is 1. The highest BCUT2D eigenvalue weighted by Crippen LogP contribution is 2.54. The number of phenolic OH excluding ortho intramolecular Hbond substituents is 1. The number of carbonyl (C=O) groups is 2. The van der Waals surface area contributed by atoms with Gasteiger partial charge in [0.25, 0.3) is 5.91 Å². The number of likely N-dealkylation sites (tertiary alicyclic amines) is 1. The summed E-state index contributed by atoms with van der Waals surface area (Å²) >= 11 is 0. The van der Waals surface area contributed by atoms with Crippen molar-refractivity contribution in [2.24, 2.45) is 23.5 Å². The molecule has 5 rings (SSSR count). The number of halogens is 1. The lowest BCUT2D eigenvalue weighted by atomic mass is 9.58. The molecule has 10 heteroatoms. The molecule has 3 aliphatic carbocycles. The minimum absolute atomic E-state index is 0.0784. The Balaban J connectivity index is 1.61. The minimum atomic E-state index is -0.857. The molecule has 216 valence electrons. The van der Waals surface area contributed by atoms with Crippen LogP contribution in [0.1, 0.15) is 36.0 Å².